The van der Waals surface area contributed by atoms with Gasteiger partial charge in [0.1, 0.15) is 29.7 Å². The predicted octanol–water partition coefficient (Wildman–Crippen LogP) is -4.13. The number of carbonyl (C=O) groups excluding carboxylic acids is 7. The van der Waals surface area contributed by atoms with Crippen LogP contribution in [-0.2, 0) is 60.6 Å². The van der Waals surface area contributed by atoms with Gasteiger partial charge in [-0.25, -0.2) is 14.4 Å². The van der Waals surface area contributed by atoms with Gasteiger partial charge in [-0.2, -0.15) is 0 Å². The van der Waals surface area contributed by atoms with E-state index in [1.165, 1.54) is 60.4 Å². The number of β-lactam (4-membered cyclic amide) rings is 2. The van der Waals surface area contributed by atoms with Crippen LogP contribution in [0.15, 0.2) is 57.6 Å². The number of thioether (sulfide) groups is 2. The number of fused-ring (bicyclic) bond motifs is 2. The molecule has 0 aliphatic carbocycles. The number of ether oxygens (including phenoxy) is 4. The molecule has 0 saturated carbocycles. The second kappa shape index (κ2) is 19.1. The third kappa shape index (κ3) is 9.28. The third-order valence-corrected chi connectivity index (χ3v) is 13.0. The van der Waals surface area contributed by atoms with Crippen LogP contribution in [0.1, 0.15) is 9.75 Å². The topological polar surface area (TPSA) is 299 Å². The van der Waals surface area contributed by atoms with E-state index < -0.39 is 75.6 Å². The van der Waals surface area contributed by atoms with E-state index in [1.54, 1.807) is 18.2 Å². The molecule has 6 amide bonds. The number of nitrogens with one attached hydrogen (secondary N) is 2. The van der Waals surface area contributed by atoms with E-state index in [-0.39, 0.29) is 84.0 Å². The molecule has 0 unspecified atom stereocenters. The second-order valence-corrected chi connectivity index (χ2v) is 16.1. The maximum absolute atomic E-state index is 12.8. The summed E-state index contributed by atoms with van der Waals surface area (Å²) in [6.07, 6.45) is -1.98. The zero-order valence-corrected chi connectivity index (χ0v) is 35.6. The molecule has 6 heterocycles. The predicted molar refractivity (Wildman–Crippen MR) is 196 cm³/mol. The van der Waals surface area contributed by atoms with Gasteiger partial charge in [-0.1, -0.05) is 12.1 Å². The number of carboxylic acids is 2. The molecule has 300 valence electrons. The Balaban J connectivity index is 0.000000248. The standard InChI is InChI=1S/2C16H17N3O7S2.Na/c2*1-25-16(18-10(20)5-9-3-2-4-27-9)13(23)19-11(12(21)22)8(6-26-15(17)24)7-28-14(16)19;/h2*2-4,14H,5-7H2,1H3,(H2,17,24)(H,18,20)(H,21,22);/q;;+1/p-1/t2*14-,16+;/m11./s1. The second-order valence-electron chi connectivity index (χ2n) is 11.9. The van der Waals surface area contributed by atoms with Crippen LogP contribution in [0.4, 0.5) is 9.59 Å². The van der Waals surface area contributed by atoms with Crippen LogP contribution in [0.3, 0.4) is 0 Å². The molecular weight excluding hydrogens is 844 g/mol. The average Bonchev–Trinajstić information content (AvgIpc) is 3.88. The van der Waals surface area contributed by atoms with Crippen molar-refractivity contribution in [2.75, 3.05) is 38.9 Å². The van der Waals surface area contributed by atoms with Crippen molar-refractivity contribution in [3.63, 3.8) is 0 Å². The molecule has 4 atom stereocenters. The van der Waals surface area contributed by atoms with Crippen molar-refractivity contribution in [2.45, 2.75) is 35.0 Å². The summed E-state index contributed by atoms with van der Waals surface area (Å²) in [5.74, 6) is -4.97. The first kappa shape index (κ1) is 45.6. The van der Waals surface area contributed by atoms with E-state index in [2.05, 4.69) is 20.1 Å². The van der Waals surface area contributed by atoms with Crippen LogP contribution in [0.2, 0.25) is 0 Å². The molecule has 4 aliphatic rings. The van der Waals surface area contributed by atoms with Crippen molar-refractivity contribution in [1.29, 1.82) is 0 Å². The van der Waals surface area contributed by atoms with Crippen molar-refractivity contribution in [3.05, 3.63) is 67.3 Å². The first-order chi connectivity index (χ1) is 26.6. The van der Waals surface area contributed by atoms with Gasteiger partial charge in [-0.3, -0.25) is 29.0 Å². The van der Waals surface area contributed by atoms with Crippen LogP contribution in [-0.4, -0.2) is 124 Å². The Labute approximate surface area is 361 Å². The summed E-state index contributed by atoms with van der Waals surface area (Å²) in [4.78, 5) is 99.0. The molecule has 20 nitrogen and oxygen atoms in total. The maximum atomic E-state index is 12.8. The average molecular weight is 877 g/mol. The Morgan fingerprint density at radius 3 is 1.53 bits per heavy atom. The molecule has 6 rings (SSSR count). The molecule has 0 aromatic carbocycles. The van der Waals surface area contributed by atoms with Gasteiger partial charge in [-0.05, 0) is 22.9 Å². The number of carbonyl (C=O) groups is 8. The number of rotatable bonds is 14. The quantitative estimate of drug-likeness (QED) is 0.0684. The molecule has 2 saturated heterocycles. The minimum Gasteiger partial charge on any atom is -0.543 e. The number of methoxy groups -OCH3 is 2. The Morgan fingerprint density at radius 2 is 1.19 bits per heavy atom. The molecular formula is C32H33N6NaO14S4. The van der Waals surface area contributed by atoms with Gasteiger partial charge in [0.25, 0.3) is 23.3 Å². The van der Waals surface area contributed by atoms with Crippen LogP contribution in [0.5, 0.6) is 0 Å². The fraction of sp³-hybridized carbons (Fsp3) is 0.375. The normalized spacial score (nSPS) is 23.3. The van der Waals surface area contributed by atoms with E-state index in [0.717, 1.165) is 19.6 Å². The summed E-state index contributed by atoms with van der Waals surface area (Å²) in [6, 6.07) is 7.20. The summed E-state index contributed by atoms with van der Waals surface area (Å²) < 4.78 is 20.0. The van der Waals surface area contributed by atoms with Crippen molar-refractivity contribution in [3.8, 4) is 0 Å². The maximum Gasteiger partial charge on any atom is 1.00 e. The number of aliphatic carboxylic acids is 2. The molecule has 2 fully saturated rings. The number of thiophene rings is 2. The van der Waals surface area contributed by atoms with Crippen LogP contribution in [0, 0.1) is 0 Å². The summed E-state index contributed by atoms with van der Waals surface area (Å²) in [5.41, 5.74) is 6.19. The van der Waals surface area contributed by atoms with Gasteiger partial charge in [0, 0.05) is 46.6 Å². The number of hydrogen-bond acceptors (Lipinski definition) is 17. The van der Waals surface area contributed by atoms with Crippen LogP contribution in [0.25, 0.3) is 0 Å². The molecule has 57 heavy (non-hydrogen) atoms. The number of amides is 6. The Morgan fingerprint density at radius 1 is 0.789 bits per heavy atom. The SMILES string of the molecule is CO[C@@]1(NC(=O)Cc2cccs2)C(=O)N2C(C(=O)O)=C(COC(N)=O)CS[C@@H]21.CO[C@@]1(NC(=O)Cc2cccs2)C(=O)N2C(C(=O)[O-])=C(COC(N)=O)CS[C@@H]21.[Na+]. The fourth-order valence-electron chi connectivity index (χ4n) is 6.06. The largest absolute Gasteiger partial charge is 1.00 e. The summed E-state index contributed by atoms with van der Waals surface area (Å²) in [5, 5.41) is 28.4. The Hall–Kier alpha value is -4.14. The van der Waals surface area contributed by atoms with Crippen molar-refractivity contribution in [1.82, 2.24) is 20.4 Å². The van der Waals surface area contributed by atoms with Gasteiger partial charge in [0.2, 0.25) is 11.8 Å². The Kier molecular flexibility index (Phi) is 15.2. The zero-order chi connectivity index (χ0) is 40.9. The van der Waals surface area contributed by atoms with Gasteiger partial charge < -0.3 is 56.1 Å². The van der Waals surface area contributed by atoms with Crippen molar-refractivity contribution in [2.24, 2.45) is 11.5 Å². The number of carboxylic acid groups (broad SMARTS) is 2. The number of nitrogens with zero attached hydrogens (tertiary/aromatic N) is 2. The third-order valence-electron chi connectivity index (χ3n) is 8.52. The van der Waals surface area contributed by atoms with E-state index in [1.807, 2.05) is 16.8 Å². The van der Waals surface area contributed by atoms with E-state index in [9.17, 15) is 48.6 Å². The van der Waals surface area contributed by atoms with E-state index in [0.29, 0.717) is 0 Å². The molecule has 2 aromatic rings. The first-order valence-electron chi connectivity index (χ1n) is 16.0. The summed E-state index contributed by atoms with van der Waals surface area (Å²) >= 11 is 5.17. The smallest absolute Gasteiger partial charge is 0.543 e. The number of primary amides is 2. The van der Waals surface area contributed by atoms with Gasteiger partial charge in [-0.15, -0.1) is 46.2 Å². The number of nitrogens with two attached hydrogens (primary N) is 2. The molecule has 0 spiro atoms. The van der Waals surface area contributed by atoms with Crippen molar-refractivity contribution < 1.29 is 97.1 Å². The summed E-state index contributed by atoms with van der Waals surface area (Å²) in [7, 11) is 2.53. The molecule has 2 aromatic heterocycles. The molecule has 7 N–H and O–H groups in total. The van der Waals surface area contributed by atoms with Gasteiger partial charge in [0.05, 0.1) is 24.5 Å². The minimum absolute atomic E-state index is 0. The summed E-state index contributed by atoms with van der Waals surface area (Å²) in [6.45, 7) is -0.724. The molecule has 4 aliphatic heterocycles. The Bertz CT molecular complexity index is 1860. The van der Waals surface area contributed by atoms with Gasteiger partial charge in [0.15, 0.2) is 0 Å². The molecule has 25 heteroatoms. The van der Waals surface area contributed by atoms with E-state index in [4.69, 9.17) is 20.9 Å². The van der Waals surface area contributed by atoms with E-state index >= 15 is 0 Å². The van der Waals surface area contributed by atoms with Crippen LogP contribution < -0.4 is 56.8 Å². The molecule has 0 radical (unpaired) electrons. The fourth-order valence-corrected chi connectivity index (χ4v) is 10.3. The minimum atomic E-state index is -1.68. The monoisotopic (exact) mass is 876 g/mol. The first-order valence-corrected chi connectivity index (χ1v) is 19.9. The van der Waals surface area contributed by atoms with Crippen molar-refractivity contribution >= 4 is 94.0 Å². The zero-order valence-electron chi connectivity index (χ0n) is 30.3. The number of hydrogen-bond donors (Lipinski definition) is 5. The molecule has 0 bridgehead atoms. The van der Waals surface area contributed by atoms with Crippen LogP contribution >= 0.6 is 46.2 Å². The van der Waals surface area contributed by atoms with Gasteiger partial charge >= 0.3 is 47.7 Å².